The number of hydrogen-bond donors (Lipinski definition) is 0. The zero-order valence-electron chi connectivity index (χ0n) is 11.5. The third-order valence-corrected chi connectivity index (χ3v) is 3.39. The average molecular weight is 277 g/mol. The maximum absolute atomic E-state index is 12.8. The molecule has 0 spiro atoms. The summed E-state index contributed by atoms with van der Waals surface area (Å²) in [5.74, 6) is 0.0463. The van der Waals surface area contributed by atoms with Crippen molar-refractivity contribution in [3.05, 3.63) is 84.4 Å². The van der Waals surface area contributed by atoms with Gasteiger partial charge in [0.05, 0.1) is 0 Å². The zero-order chi connectivity index (χ0) is 14.5. The summed E-state index contributed by atoms with van der Waals surface area (Å²) in [5, 5.41) is 4.14. The predicted octanol–water partition coefficient (Wildman–Crippen LogP) is 2.94. The number of hydrogen-bond acceptors (Lipinski definition) is 3. The first kappa shape index (κ1) is 13.2. The summed E-state index contributed by atoms with van der Waals surface area (Å²) in [6, 6.07) is 18.9. The van der Waals surface area contributed by atoms with E-state index in [2.05, 4.69) is 10.1 Å². The lowest BCUT2D eigenvalue weighted by atomic mass is 9.98. The molecule has 0 radical (unpaired) electrons. The highest BCUT2D eigenvalue weighted by atomic mass is 16.1. The molecule has 0 fully saturated rings. The Labute approximate surface area is 123 Å². The molecule has 0 aliphatic heterocycles. The number of ketones is 1. The Morgan fingerprint density at radius 2 is 1.67 bits per heavy atom. The number of rotatable bonds is 5. The number of carbonyl (C=O) groups is 1. The van der Waals surface area contributed by atoms with Crippen LogP contribution in [0.15, 0.2) is 73.3 Å². The second-order valence-corrected chi connectivity index (χ2v) is 4.81. The molecule has 2 aromatic carbocycles. The highest BCUT2D eigenvalue weighted by Crippen LogP contribution is 2.18. The van der Waals surface area contributed by atoms with E-state index in [1.54, 1.807) is 11.0 Å². The van der Waals surface area contributed by atoms with Crippen LogP contribution in [0, 0.1) is 0 Å². The van der Waals surface area contributed by atoms with Crippen molar-refractivity contribution in [3.63, 3.8) is 0 Å². The van der Waals surface area contributed by atoms with Crippen LogP contribution in [-0.2, 0) is 6.42 Å². The highest BCUT2D eigenvalue weighted by molar-refractivity contribution is 5.99. The van der Waals surface area contributed by atoms with Gasteiger partial charge >= 0.3 is 0 Å². The summed E-state index contributed by atoms with van der Waals surface area (Å²) >= 11 is 0. The molecule has 0 saturated heterocycles. The lowest BCUT2D eigenvalue weighted by Gasteiger charge is -2.16. The topological polar surface area (TPSA) is 47.8 Å². The third kappa shape index (κ3) is 3.05. The van der Waals surface area contributed by atoms with E-state index in [1.165, 1.54) is 6.33 Å². The van der Waals surface area contributed by atoms with E-state index in [-0.39, 0.29) is 11.8 Å². The Kier molecular flexibility index (Phi) is 3.87. The van der Waals surface area contributed by atoms with Crippen molar-refractivity contribution < 1.29 is 4.79 Å². The zero-order valence-corrected chi connectivity index (χ0v) is 11.5. The van der Waals surface area contributed by atoms with E-state index in [1.807, 2.05) is 60.7 Å². The van der Waals surface area contributed by atoms with Gasteiger partial charge in [-0.25, -0.2) is 9.67 Å². The fourth-order valence-corrected chi connectivity index (χ4v) is 2.32. The minimum atomic E-state index is -0.378. The normalized spacial score (nSPS) is 12.0. The van der Waals surface area contributed by atoms with Crippen molar-refractivity contribution in [2.24, 2.45) is 0 Å². The van der Waals surface area contributed by atoms with Crippen molar-refractivity contribution in [1.29, 1.82) is 0 Å². The SMILES string of the molecule is O=C(c1ccccc1)C(Cc1ccccc1)n1cncn1. The largest absolute Gasteiger partial charge is 0.292 e. The quantitative estimate of drug-likeness (QED) is 0.674. The van der Waals surface area contributed by atoms with Crippen LogP contribution in [-0.4, -0.2) is 20.5 Å². The van der Waals surface area contributed by atoms with Crippen LogP contribution >= 0.6 is 0 Å². The standard InChI is InChI=1S/C17H15N3O/c21-17(15-9-5-2-6-10-15)16(20-13-18-12-19-20)11-14-7-3-1-4-8-14/h1-10,12-13,16H,11H2. The smallest absolute Gasteiger partial charge is 0.187 e. The van der Waals surface area contributed by atoms with E-state index < -0.39 is 0 Å². The number of carbonyl (C=O) groups excluding carboxylic acids is 1. The highest BCUT2D eigenvalue weighted by Gasteiger charge is 2.22. The van der Waals surface area contributed by atoms with Gasteiger partial charge in [-0.3, -0.25) is 4.79 Å². The van der Waals surface area contributed by atoms with Crippen LogP contribution in [0.25, 0.3) is 0 Å². The predicted molar refractivity (Wildman–Crippen MR) is 80.0 cm³/mol. The second kappa shape index (κ2) is 6.13. The van der Waals surface area contributed by atoms with Gasteiger partial charge in [-0.1, -0.05) is 60.7 Å². The van der Waals surface area contributed by atoms with Crippen LogP contribution in [0.5, 0.6) is 0 Å². The number of Topliss-reactive ketones (excluding diaryl/α,β-unsaturated/α-hetero) is 1. The van der Waals surface area contributed by atoms with Gasteiger partial charge in [-0.2, -0.15) is 5.10 Å². The molecule has 1 atom stereocenters. The van der Waals surface area contributed by atoms with Crippen LogP contribution in [0.4, 0.5) is 0 Å². The van der Waals surface area contributed by atoms with Gasteiger partial charge in [-0.05, 0) is 5.56 Å². The molecular formula is C17H15N3O. The fraction of sp³-hybridized carbons (Fsp3) is 0.118. The molecule has 0 aliphatic carbocycles. The monoisotopic (exact) mass is 277 g/mol. The van der Waals surface area contributed by atoms with Gasteiger partial charge in [-0.15, -0.1) is 0 Å². The lowest BCUT2D eigenvalue weighted by Crippen LogP contribution is -2.22. The molecule has 4 heteroatoms. The Hall–Kier alpha value is -2.75. The van der Waals surface area contributed by atoms with E-state index in [0.29, 0.717) is 12.0 Å². The molecule has 1 unspecified atom stereocenters. The number of benzene rings is 2. The molecule has 0 bridgehead atoms. The Morgan fingerprint density at radius 1 is 1.00 bits per heavy atom. The van der Waals surface area contributed by atoms with E-state index in [9.17, 15) is 4.79 Å². The molecule has 0 aliphatic rings. The van der Waals surface area contributed by atoms with Crippen LogP contribution in [0.2, 0.25) is 0 Å². The van der Waals surface area contributed by atoms with Crippen molar-refractivity contribution >= 4 is 5.78 Å². The van der Waals surface area contributed by atoms with Gasteiger partial charge in [0.1, 0.15) is 18.7 Å². The summed E-state index contributed by atoms with van der Waals surface area (Å²) < 4.78 is 1.63. The third-order valence-electron chi connectivity index (χ3n) is 3.39. The summed E-state index contributed by atoms with van der Waals surface area (Å²) in [6.07, 6.45) is 3.64. The molecular weight excluding hydrogens is 262 g/mol. The Balaban J connectivity index is 1.92. The van der Waals surface area contributed by atoms with E-state index in [0.717, 1.165) is 5.56 Å². The fourth-order valence-electron chi connectivity index (χ4n) is 2.32. The van der Waals surface area contributed by atoms with Crippen LogP contribution < -0.4 is 0 Å². The Bertz CT molecular complexity index is 693. The molecule has 3 aromatic rings. The van der Waals surface area contributed by atoms with Crippen molar-refractivity contribution in [2.45, 2.75) is 12.5 Å². The maximum atomic E-state index is 12.8. The van der Waals surface area contributed by atoms with Gasteiger partial charge in [0.25, 0.3) is 0 Å². The molecule has 1 aromatic heterocycles. The first-order valence-corrected chi connectivity index (χ1v) is 6.82. The molecule has 104 valence electrons. The van der Waals surface area contributed by atoms with Gasteiger partial charge < -0.3 is 0 Å². The number of nitrogens with zero attached hydrogens (tertiary/aromatic N) is 3. The summed E-state index contributed by atoms with van der Waals surface area (Å²) in [5.41, 5.74) is 1.79. The molecule has 0 saturated carbocycles. The molecule has 0 N–H and O–H groups in total. The average Bonchev–Trinajstić information content (AvgIpc) is 3.08. The Morgan fingerprint density at radius 3 is 2.29 bits per heavy atom. The summed E-state index contributed by atoms with van der Waals surface area (Å²) in [4.78, 5) is 16.7. The minimum Gasteiger partial charge on any atom is -0.292 e. The molecule has 4 nitrogen and oxygen atoms in total. The van der Waals surface area contributed by atoms with Gasteiger partial charge in [0, 0.05) is 12.0 Å². The summed E-state index contributed by atoms with van der Waals surface area (Å²) in [7, 11) is 0. The van der Waals surface area contributed by atoms with Gasteiger partial charge in [0.2, 0.25) is 0 Å². The van der Waals surface area contributed by atoms with Gasteiger partial charge in [0.15, 0.2) is 5.78 Å². The van der Waals surface area contributed by atoms with E-state index in [4.69, 9.17) is 0 Å². The second-order valence-electron chi connectivity index (χ2n) is 4.81. The maximum Gasteiger partial charge on any atom is 0.187 e. The molecule has 21 heavy (non-hydrogen) atoms. The molecule has 1 heterocycles. The van der Waals surface area contributed by atoms with Crippen LogP contribution in [0.1, 0.15) is 22.0 Å². The molecule has 0 amide bonds. The lowest BCUT2D eigenvalue weighted by molar-refractivity contribution is 0.0916. The molecule has 3 rings (SSSR count). The number of aromatic nitrogens is 3. The first-order chi connectivity index (χ1) is 10.3. The van der Waals surface area contributed by atoms with Crippen molar-refractivity contribution in [2.75, 3.05) is 0 Å². The van der Waals surface area contributed by atoms with Crippen molar-refractivity contribution in [1.82, 2.24) is 14.8 Å². The minimum absolute atomic E-state index is 0.0463. The van der Waals surface area contributed by atoms with Crippen LogP contribution in [0.3, 0.4) is 0 Å². The van der Waals surface area contributed by atoms with Crippen molar-refractivity contribution in [3.8, 4) is 0 Å². The first-order valence-electron chi connectivity index (χ1n) is 6.82. The van der Waals surface area contributed by atoms with E-state index >= 15 is 0 Å². The summed E-state index contributed by atoms with van der Waals surface area (Å²) in [6.45, 7) is 0.